The van der Waals surface area contributed by atoms with Gasteiger partial charge in [-0.05, 0) is 6.08 Å². The van der Waals surface area contributed by atoms with Gasteiger partial charge in [-0.2, -0.15) is 0 Å². The fourth-order valence-electron chi connectivity index (χ4n) is 2.03. The first kappa shape index (κ1) is 12.6. The fourth-order valence-corrected chi connectivity index (χ4v) is 2.55. The summed E-state index contributed by atoms with van der Waals surface area (Å²) >= 11 is 0. The van der Waals surface area contributed by atoms with E-state index < -0.39 is 14.2 Å². The van der Waals surface area contributed by atoms with Crippen molar-refractivity contribution in [2.45, 2.75) is 44.4 Å². The predicted molar refractivity (Wildman–Crippen MR) is 68.3 cm³/mol. The van der Waals surface area contributed by atoms with Gasteiger partial charge in [-0.3, -0.25) is 4.79 Å². The van der Waals surface area contributed by atoms with Crippen LogP contribution in [0, 0.1) is 11.5 Å². The minimum Gasteiger partial charge on any atom is -0.371 e. The Balaban J connectivity index is 2.19. The summed E-state index contributed by atoms with van der Waals surface area (Å²) in [6, 6.07) is 0. The lowest BCUT2D eigenvalue weighted by molar-refractivity contribution is -0.148. The molecule has 0 aromatic carbocycles. The summed E-state index contributed by atoms with van der Waals surface area (Å²) < 4.78 is 10.9. The smallest absolute Gasteiger partial charge is 0.167 e. The number of fused-ring (bicyclic) bond motifs is 2. The zero-order valence-corrected chi connectivity index (χ0v) is 11.7. The predicted octanol–water partition coefficient (Wildman–Crippen LogP) is 1.55. The summed E-state index contributed by atoms with van der Waals surface area (Å²) in [6.07, 6.45) is 1.52. The van der Waals surface area contributed by atoms with Gasteiger partial charge in [0, 0.05) is 19.1 Å². The standard InChI is InChI=1S/C13H18O3Si/c1-15-13-10(14)8-11-9(7-12(13)16-11)5-6-17(2,3)4/h7,11-13H,8H2,1-4H3/t11-,12-,13-/m1/s1. The molecule has 3 nitrogen and oxygen atoms in total. The molecular weight excluding hydrogens is 232 g/mol. The Morgan fingerprint density at radius 3 is 2.76 bits per heavy atom. The Kier molecular flexibility index (Phi) is 3.26. The molecule has 1 fully saturated rings. The lowest BCUT2D eigenvalue weighted by Crippen LogP contribution is -2.42. The Hall–Kier alpha value is -0.893. The van der Waals surface area contributed by atoms with Crippen LogP contribution in [0.3, 0.4) is 0 Å². The minimum absolute atomic E-state index is 0.120. The highest BCUT2D eigenvalue weighted by Gasteiger charge is 2.42. The second-order valence-corrected chi connectivity index (χ2v) is 10.3. The molecule has 0 spiro atoms. The summed E-state index contributed by atoms with van der Waals surface area (Å²) in [5, 5.41) is 0. The quantitative estimate of drug-likeness (QED) is 0.523. The van der Waals surface area contributed by atoms with Gasteiger partial charge >= 0.3 is 0 Å². The first-order chi connectivity index (χ1) is 7.90. The van der Waals surface area contributed by atoms with Crippen molar-refractivity contribution >= 4 is 13.9 Å². The number of carbonyl (C=O) groups excluding carboxylic acids is 1. The van der Waals surface area contributed by atoms with Crippen molar-refractivity contribution in [3.63, 3.8) is 0 Å². The van der Waals surface area contributed by atoms with Gasteiger partial charge in [0.15, 0.2) is 5.78 Å². The van der Waals surface area contributed by atoms with Crippen molar-refractivity contribution in [2.75, 3.05) is 7.11 Å². The van der Waals surface area contributed by atoms with Crippen molar-refractivity contribution in [3.8, 4) is 11.5 Å². The number of methoxy groups -OCH3 is 1. The topological polar surface area (TPSA) is 35.5 Å². The number of rotatable bonds is 1. The second kappa shape index (κ2) is 4.41. The molecule has 0 N–H and O–H groups in total. The average Bonchev–Trinajstić information content (AvgIpc) is 2.53. The Morgan fingerprint density at radius 2 is 2.18 bits per heavy atom. The molecule has 2 aliphatic heterocycles. The largest absolute Gasteiger partial charge is 0.371 e. The van der Waals surface area contributed by atoms with Crippen LogP contribution in [0.1, 0.15) is 6.42 Å². The third-order valence-corrected chi connectivity index (χ3v) is 3.73. The van der Waals surface area contributed by atoms with E-state index in [2.05, 4.69) is 31.1 Å². The highest BCUT2D eigenvalue weighted by Crippen LogP contribution is 2.31. The van der Waals surface area contributed by atoms with Gasteiger partial charge in [0.25, 0.3) is 0 Å². The Morgan fingerprint density at radius 1 is 1.47 bits per heavy atom. The molecule has 2 bridgehead atoms. The molecule has 3 atom stereocenters. The zero-order chi connectivity index (χ0) is 12.6. The summed E-state index contributed by atoms with van der Waals surface area (Å²) in [5.74, 6) is 3.32. The van der Waals surface area contributed by atoms with Crippen molar-refractivity contribution in [2.24, 2.45) is 0 Å². The Labute approximate surface area is 103 Å². The first-order valence-electron chi connectivity index (χ1n) is 5.86. The van der Waals surface area contributed by atoms with E-state index in [1.165, 1.54) is 0 Å². The normalized spacial score (nSPS) is 31.9. The third-order valence-electron chi connectivity index (χ3n) is 2.85. The van der Waals surface area contributed by atoms with Gasteiger partial charge in [0.1, 0.15) is 20.3 Å². The van der Waals surface area contributed by atoms with E-state index in [9.17, 15) is 4.79 Å². The SMILES string of the molecule is CO[C@@H]1C(=O)C[C@H]2O[C@@H]1C=C2C#C[Si](C)(C)C. The van der Waals surface area contributed by atoms with Crippen molar-refractivity contribution < 1.29 is 14.3 Å². The van der Waals surface area contributed by atoms with Crippen LogP contribution in [-0.2, 0) is 14.3 Å². The van der Waals surface area contributed by atoms with Crippen LogP contribution in [0.5, 0.6) is 0 Å². The summed E-state index contributed by atoms with van der Waals surface area (Å²) in [4.78, 5) is 11.8. The number of ketones is 1. The molecule has 2 heterocycles. The highest BCUT2D eigenvalue weighted by atomic mass is 28.3. The minimum atomic E-state index is -1.38. The molecule has 0 aliphatic carbocycles. The molecule has 0 saturated carbocycles. The van der Waals surface area contributed by atoms with Gasteiger partial charge in [-0.25, -0.2) is 0 Å². The summed E-state index contributed by atoms with van der Waals surface area (Å²) in [6.45, 7) is 6.60. The Bertz CT molecular complexity index is 422. The summed E-state index contributed by atoms with van der Waals surface area (Å²) in [5.41, 5.74) is 4.28. The van der Waals surface area contributed by atoms with Crippen LogP contribution in [-0.4, -0.2) is 39.3 Å². The molecule has 0 radical (unpaired) electrons. The molecule has 0 aromatic heterocycles. The van der Waals surface area contributed by atoms with Gasteiger partial charge in [0.2, 0.25) is 0 Å². The van der Waals surface area contributed by atoms with E-state index in [-0.39, 0.29) is 18.0 Å². The molecule has 2 aliphatic rings. The van der Waals surface area contributed by atoms with Crippen molar-refractivity contribution in [1.29, 1.82) is 0 Å². The molecule has 92 valence electrons. The van der Waals surface area contributed by atoms with Gasteiger partial charge in [-0.1, -0.05) is 25.6 Å². The van der Waals surface area contributed by atoms with Crippen LogP contribution in [0.25, 0.3) is 0 Å². The zero-order valence-electron chi connectivity index (χ0n) is 10.7. The molecule has 0 unspecified atom stereocenters. The molecular formula is C13H18O3Si. The fraction of sp³-hybridized carbons (Fsp3) is 0.615. The van der Waals surface area contributed by atoms with Crippen LogP contribution >= 0.6 is 0 Å². The van der Waals surface area contributed by atoms with E-state index in [1.807, 2.05) is 6.08 Å². The lowest BCUT2D eigenvalue weighted by atomic mass is 10.0. The first-order valence-corrected chi connectivity index (χ1v) is 9.36. The molecule has 2 rings (SSSR count). The maximum absolute atomic E-state index is 11.8. The van der Waals surface area contributed by atoms with Crippen molar-refractivity contribution in [3.05, 3.63) is 11.6 Å². The maximum atomic E-state index is 11.8. The monoisotopic (exact) mass is 250 g/mol. The number of hydrogen-bond acceptors (Lipinski definition) is 3. The van der Waals surface area contributed by atoms with Crippen LogP contribution < -0.4 is 0 Å². The molecule has 0 amide bonds. The van der Waals surface area contributed by atoms with E-state index in [0.717, 1.165) is 5.57 Å². The number of ether oxygens (including phenoxy) is 2. The van der Waals surface area contributed by atoms with Gasteiger partial charge in [0.05, 0.1) is 6.10 Å². The van der Waals surface area contributed by atoms with Gasteiger partial charge in [-0.15, -0.1) is 5.54 Å². The van der Waals surface area contributed by atoms with Crippen LogP contribution in [0.15, 0.2) is 11.6 Å². The van der Waals surface area contributed by atoms with Crippen LogP contribution in [0.2, 0.25) is 19.6 Å². The molecule has 4 heteroatoms. The van der Waals surface area contributed by atoms with E-state index in [4.69, 9.17) is 9.47 Å². The van der Waals surface area contributed by atoms with E-state index in [1.54, 1.807) is 7.11 Å². The molecule has 17 heavy (non-hydrogen) atoms. The number of Topliss-reactive ketones (excluding diaryl/α,β-unsaturated/α-hetero) is 1. The molecule has 0 aromatic rings. The molecule has 1 saturated heterocycles. The number of carbonyl (C=O) groups is 1. The average molecular weight is 250 g/mol. The number of hydrogen-bond donors (Lipinski definition) is 0. The van der Waals surface area contributed by atoms with Gasteiger partial charge < -0.3 is 9.47 Å². The highest BCUT2D eigenvalue weighted by molar-refractivity contribution is 6.83. The van der Waals surface area contributed by atoms with Crippen LogP contribution in [0.4, 0.5) is 0 Å². The summed E-state index contributed by atoms with van der Waals surface area (Å²) in [7, 11) is 0.163. The second-order valence-electron chi connectivity index (χ2n) is 5.54. The van der Waals surface area contributed by atoms with Crippen molar-refractivity contribution in [1.82, 2.24) is 0 Å². The third kappa shape index (κ3) is 2.68. The maximum Gasteiger partial charge on any atom is 0.167 e. The van der Waals surface area contributed by atoms with E-state index >= 15 is 0 Å². The van der Waals surface area contributed by atoms with E-state index in [0.29, 0.717) is 6.42 Å². The lowest BCUT2D eigenvalue weighted by Gasteiger charge is -2.27.